The highest BCUT2D eigenvalue weighted by atomic mass is 16.5. The highest BCUT2D eigenvalue weighted by molar-refractivity contribution is 5.77. The molecule has 62 heavy (non-hydrogen) atoms. The number of nitrogens with one attached hydrogen (secondary N) is 1. The van der Waals surface area contributed by atoms with Crippen LogP contribution in [0.25, 0.3) is 0 Å². The Hall–Kier alpha value is -2.73. The van der Waals surface area contributed by atoms with Crippen LogP contribution in [0.2, 0.25) is 0 Å². The third-order valence-electron chi connectivity index (χ3n) is 5.96. The van der Waals surface area contributed by atoms with Crippen LogP contribution >= 0.6 is 0 Å². The summed E-state index contributed by atoms with van der Waals surface area (Å²) < 4.78 is 41.5. The summed E-state index contributed by atoms with van der Waals surface area (Å²) >= 11 is 0. The first kappa shape index (κ1) is 76.6. The van der Waals surface area contributed by atoms with Crippen molar-refractivity contribution < 1.29 is 97.9 Å². The Balaban J connectivity index is -0.0000000901. The summed E-state index contributed by atoms with van der Waals surface area (Å²) in [5.74, 6) is -0.535. The van der Waals surface area contributed by atoms with Gasteiger partial charge in [-0.2, -0.15) is 0 Å². The van der Waals surface area contributed by atoms with Gasteiger partial charge in [0.25, 0.3) is 0 Å². The van der Waals surface area contributed by atoms with Crippen LogP contribution in [0.15, 0.2) is 12.3 Å². The number of methoxy groups -OCH3 is 9. The lowest BCUT2D eigenvalue weighted by molar-refractivity contribution is -0.132. The first-order valence-corrected chi connectivity index (χ1v) is 18.9. The number of carbonyl (C=O) groups excluding carboxylic acids is 3. The van der Waals surface area contributed by atoms with Gasteiger partial charge < -0.3 is 104 Å². The SMILES string of the molecule is C=C(COC)N(C)CCOC.CNC(=O)COC.COCC(=O)N(C)C.COCC(N)=O.COCC[C@@H](O)CO.COCC[C@H](O)CO.COC[C@@H](O)CO.COC[C@H](O)CO. The number of hydrogen-bond donors (Lipinski definition) is 10. The minimum absolute atomic E-state index is 0.00694. The molecule has 3 amide bonds. The number of rotatable bonds is 26. The van der Waals surface area contributed by atoms with Gasteiger partial charge in [0.2, 0.25) is 17.7 Å². The lowest BCUT2D eigenvalue weighted by Crippen LogP contribution is -2.25. The van der Waals surface area contributed by atoms with E-state index in [1.807, 2.05) is 11.9 Å². The fourth-order valence-corrected chi connectivity index (χ4v) is 2.44. The number of amides is 3. The molecular formula is C38H88N4O20. The monoisotopic (exact) mass is 921 g/mol. The molecule has 0 rings (SSSR count). The fraction of sp³-hybridized carbons (Fsp3) is 0.868. The van der Waals surface area contributed by atoms with Crippen LogP contribution in [0.1, 0.15) is 12.8 Å². The molecule has 0 heterocycles. The number of ether oxygens (including phenoxy) is 9. The Morgan fingerprint density at radius 1 is 0.548 bits per heavy atom. The number of nitrogens with two attached hydrogens (primary N) is 1. The largest absolute Gasteiger partial charge is 0.394 e. The molecule has 0 saturated carbocycles. The topological polar surface area (TPSA) is 341 Å². The summed E-state index contributed by atoms with van der Waals surface area (Å²) in [7, 11) is 20.8. The van der Waals surface area contributed by atoms with Gasteiger partial charge in [-0.1, -0.05) is 6.58 Å². The predicted molar refractivity (Wildman–Crippen MR) is 232 cm³/mol. The van der Waals surface area contributed by atoms with Crippen molar-refractivity contribution >= 4 is 17.7 Å². The molecule has 0 aliphatic heterocycles. The molecule has 0 aliphatic rings. The Kier molecular flexibility index (Phi) is 83.2. The van der Waals surface area contributed by atoms with Crippen molar-refractivity contribution in [2.24, 2.45) is 5.73 Å². The van der Waals surface area contributed by atoms with Gasteiger partial charge in [-0.25, -0.2) is 0 Å². The zero-order valence-electron chi connectivity index (χ0n) is 39.8. The predicted octanol–water partition coefficient (Wildman–Crippen LogP) is -4.33. The first-order valence-electron chi connectivity index (χ1n) is 18.9. The lowest BCUT2D eigenvalue weighted by Gasteiger charge is -2.20. The molecule has 0 aromatic carbocycles. The quantitative estimate of drug-likeness (QED) is 0.0392. The molecule has 0 radical (unpaired) electrons. The third kappa shape index (κ3) is 88.5. The second-order valence-electron chi connectivity index (χ2n) is 12.0. The summed E-state index contributed by atoms with van der Waals surface area (Å²) in [5.41, 5.74) is 5.62. The summed E-state index contributed by atoms with van der Waals surface area (Å²) in [6.45, 7) is 6.95. The van der Waals surface area contributed by atoms with Gasteiger partial charge in [0.05, 0.1) is 65.1 Å². The zero-order valence-corrected chi connectivity index (χ0v) is 39.8. The first-order chi connectivity index (χ1) is 29.2. The van der Waals surface area contributed by atoms with E-state index < -0.39 is 30.3 Å². The molecule has 4 atom stereocenters. The minimum atomic E-state index is -0.718. The molecule has 0 aliphatic carbocycles. The highest BCUT2D eigenvalue weighted by Gasteiger charge is 2.02. The molecule has 380 valence electrons. The number of aliphatic hydroxyl groups is 8. The van der Waals surface area contributed by atoms with Crippen molar-refractivity contribution in [1.29, 1.82) is 0 Å². The molecule has 0 bridgehead atoms. The van der Waals surface area contributed by atoms with Gasteiger partial charge in [0.15, 0.2) is 0 Å². The number of carbonyl (C=O) groups is 3. The van der Waals surface area contributed by atoms with Crippen LogP contribution in [0.3, 0.4) is 0 Å². The molecular weight excluding hydrogens is 832 g/mol. The van der Waals surface area contributed by atoms with E-state index in [1.165, 1.54) is 40.4 Å². The summed E-state index contributed by atoms with van der Waals surface area (Å²) in [6, 6.07) is 0. The Bertz CT molecular complexity index is 859. The molecule has 0 aromatic rings. The zero-order chi connectivity index (χ0) is 50.2. The second kappa shape index (κ2) is 67.3. The number of hydrogen-bond acceptors (Lipinski definition) is 21. The average Bonchev–Trinajstić information content (AvgIpc) is 3.25. The molecule has 24 heteroatoms. The maximum Gasteiger partial charge on any atom is 0.248 e. The Labute approximate surface area is 370 Å². The van der Waals surface area contributed by atoms with E-state index >= 15 is 0 Å². The standard InChI is InChI=1S/C8H17NO2.C5H11NO2.2C5H12O3.C4H9NO2.2C4H10O3.C3H7NO2/c1-8(7-11-4)9(2)5-6-10-3;1-6(2)5(7)4-8-3;2*1-8-3-2-5(7)4-6;1-5-4(6)3-7-2;2*1-7-3-4(6)2-5;1-6-2-3(4)5/h1,5-7H2,2-4H3;4H2,1-3H3;2*5-7H,2-4H2,1H3;3H2,1-2H3,(H,5,6);2*4-6H,2-3H2,1H3;2H2,1H3,(H2,4,5)/t;;2*5-;;2*4-;/m..10.10./s1. The molecule has 11 N–H and O–H groups in total. The summed E-state index contributed by atoms with van der Waals surface area (Å²) in [5, 5.41) is 69.5. The number of aliphatic hydroxyl groups excluding tert-OH is 8. The maximum absolute atomic E-state index is 10.5. The van der Waals surface area contributed by atoms with Crippen molar-refractivity contribution in [3.63, 3.8) is 0 Å². The van der Waals surface area contributed by atoms with E-state index in [0.717, 1.165) is 18.8 Å². The van der Waals surface area contributed by atoms with Crippen LogP contribution in [-0.4, -0.2) is 277 Å². The number of primary amides is 1. The van der Waals surface area contributed by atoms with E-state index in [9.17, 15) is 14.4 Å². The number of nitrogens with zero attached hydrogens (tertiary/aromatic N) is 2. The lowest BCUT2D eigenvalue weighted by atomic mass is 10.3. The molecule has 0 unspecified atom stereocenters. The molecule has 0 saturated heterocycles. The molecule has 0 aromatic heterocycles. The van der Waals surface area contributed by atoms with Crippen molar-refractivity contribution in [3.05, 3.63) is 12.3 Å². The number of likely N-dealkylation sites (N-methyl/N-ethyl adjacent to an activating group) is 3. The summed E-state index contributed by atoms with van der Waals surface area (Å²) in [4.78, 5) is 33.9. The Morgan fingerprint density at radius 2 is 0.903 bits per heavy atom. The van der Waals surface area contributed by atoms with Crippen molar-refractivity contribution in [2.75, 3.05) is 185 Å². The van der Waals surface area contributed by atoms with E-state index in [2.05, 4.69) is 50.8 Å². The van der Waals surface area contributed by atoms with Crippen molar-refractivity contribution in [2.45, 2.75) is 37.3 Å². The van der Waals surface area contributed by atoms with Crippen LogP contribution in [0.4, 0.5) is 0 Å². The normalized spacial score (nSPS) is 11.4. The summed E-state index contributed by atoms with van der Waals surface area (Å²) in [6.07, 6.45) is -1.65. The van der Waals surface area contributed by atoms with Gasteiger partial charge in [-0.3, -0.25) is 14.4 Å². The van der Waals surface area contributed by atoms with Crippen molar-refractivity contribution in [3.8, 4) is 0 Å². The van der Waals surface area contributed by atoms with E-state index in [4.69, 9.17) is 50.3 Å². The maximum atomic E-state index is 10.5. The van der Waals surface area contributed by atoms with Gasteiger partial charge in [-0.15, -0.1) is 0 Å². The third-order valence-corrected chi connectivity index (χ3v) is 5.96. The van der Waals surface area contributed by atoms with Gasteiger partial charge in [0.1, 0.15) is 32.0 Å². The van der Waals surface area contributed by atoms with Crippen LogP contribution < -0.4 is 11.1 Å². The highest BCUT2D eigenvalue weighted by Crippen LogP contribution is 1.97. The smallest absolute Gasteiger partial charge is 0.248 e. The van der Waals surface area contributed by atoms with E-state index in [0.29, 0.717) is 32.7 Å². The molecule has 0 spiro atoms. The van der Waals surface area contributed by atoms with Crippen LogP contribution in [-0.2, 0) is 57.0 Å². The van der Waals surface area contributed by atoms with E-state index in [1.54, 1.807) is 49.6 Å². The van der Waals surface area contributed by atoms with Gasteiger partial charge in [-0.05, 0) is 12.8 Å². The molecule has 0 fully saturated rings. The van der Waals surface area contributed by atoms with Crippen molar-refractivity contribution in [1.82, 2.24) is 15.1 Å². The van der Waals surface area contributed by atoms with Gasteiger partial charge >= 0.3 is 0 Å². The van der Waals surface area contributed by atoms with E-state index in [-0.39, 0.29) is 71.3 Å². The molecule has 24 nitrogen and oxygen atoms in total. The van der Waals surface area contributed by atoms with Crippen LogP contribution in [0, 0.1) is 0 Å². The average molecular weight is 921 g/mol. The minimum Gasteiger partial charge on any atom is -0.394 e. The second-order valence-corrected chi connectivity index (χ2v) is 12.0. The Morgan fingerprint density at radius 3 is 1.08 bits per heavy atom. The van der Waals surface area contributed by atoms with Gasteiger partial charge in [0, 0.05) is 118 Å². The van der Waals surface area contributed by atoms with Crippen LogP contribution in [0.5, 0.6) is 0 Å². The fourth-order valence-electron chi connectivity index (χ4n) is 2.44.